The number of carbonyl (C=O) groups excluding carboxylic acids is 2. The fourth-order valence-corrected chi connectivity index (χ4v) is 22.6. The number of amides is 1. The first-order valence-electron chi connectivity index (χ1n) is 21.5. The third kappa shape index (κ3) is 8.95. The summed E-state index contributed by atoms with van der Waals surface area (Å²) in [5.74, 6) is -0.825. The number of ether oxygens (including phenoxy) is 1. The quantitative estimate of drug-likeness (QED) is 0.112. The average molecular weight is 888 g/mol. The van der Waals surface area contributed by atoms with Gasteiger partial charge in [0.15, 0.2) is 22.2 Å². The molecule has 3 aliphatic rings. The van der Waals surface area contributed by atoms with Crippen molar-refractivity contribution in [2.24, 2.45) is 0 Å². The van der Waals surface area contributed by atoms with Gasteiger partial charge in [0.25, 0.3) is 0 Å². The second-order valence-electron chi connectivity index (χ2n) is 20.7. The van der Waals surface area contributed by atoms with Gasteiger partial charge in [-0.1, -0.05) is 125 Å². The SMILES string of the molecule is CC(C)[Si]1(C(C)C)OC2C(O[Si](C(C)C)(C(C)C)O1)[C@]1(CC(=O)N1OCc1ccccc1)[C@H](O[Si](C)(C)C)[C@H](O[Si](C)(C)C(C)(C)C)[C@]2(O)COC(=O)c1ccccc1. The van der Waals surface area contributed by atoms with E-state index in [9.17, 15) is 14.7 Å². The van der Waals surface area contributed by atoms with Crippen molar-refractivity contribution in [1.29, 1.82) is 0 Å². The van der Waals surface area contributed by atoms with Crippen molar-refractivity contribution >= 4 is 45.6 Å². The predicted molar refractivity (Wildman–Crippen MR) is 240 cm³/mol. The molecule has 2 aromatic rings. The molecule has 0 aromatic heterocycles. The molecule has 3 fully saturated rings. The minimum Gasteiger partial charge on any atom is -0.459 e. The van der Waals surface area contributed by atoms with Gasteiger partial charge in [0, 0.05) is 0 Å². The Bertz CT molecular complexity index is 1750. The zero-order valence-electron chi connectivity index (χ0n) is 38.6. The molecule has 2 heterocycles. The lowest BCUT2D eigenvalue weighted by Crippen LogP contribution is -2.88. The summed E-state index contributed by atoms with van der Waals surface area (Å²) in [5, 5.41) is 15.2. The van der Waals surface area contributed by atoms with Crippen LogP contribution in [0.15, 0.2) is 60.7 Å². The Labute approximate surface area is 358 Å². The van der Waals surface area contributed by atoms with Crippen LogP contribution in [-0.2, 0) is 42.8 Å². The molecule has 2 aliphatic heterocycles. The standard InChI is InChI=1S/C44H73NO10Si4/c1-30(2)58(31(3)4)53-38-40(54-59(55-58,32(5)6)33(7)8)44(48,29-49-41(47)35-25-21-18-22-26-35)39(52-57(15,16)42(9,10)11)37(51-56(12,13)14)43(38)27-36(46)45(43)50-28-34-23-19-17-20-24-34/h17-26,30-33,37-40,48H,27-29H2,1-16H3/t37-,38?,39+,40?,43+,44-/m1/s1. The molecule has 59 heavy (non-hydrogen) atoms. The molecule has 2 saturated heterocycles. The number of hydroxylamine groups is 2. The summed E-state index contributed by atoms with van der Waals surface area (Å²) in [6.45, 7) is 33.7. The Morgan fingerprint density at radius 1 is 0.797 bits per heavy atom. The fraction of sp³-hybridized carbons (Fsp3) is 0.682. The zero-order chi connectivity index (χ0) is 44.1. The Kier molecular flexibility index (Phi) is 14.0. The highest BCUT2D eigenvalue weighted by molar-refractivity contribution is 6.84. The van der Waals surface area contributed by atoms with Crippen molar-refractivity contribution in [1.82, 2.24) is 5.06 Å². The van der Waals surface area contributed by atoms with Gasteiger partial charge in [-0.25, -0.2) is 9.86 Å². The highest BCUT2D eigenvalue weighted by Crippen LogP contribution is 2.59. The molecule has 1 saturated carbocycles. The van der Waals surface area contributed by atoms with E-state index in [0.717, 1.165) is 5.56 Å². The van der Waals surface area contributed by atoms with Crippen LogP contribution in [0.4, 0.5) is 0 Å². The van der Waals surface area contributed by atoms with Crippen LogP contribution in [0.25, 0.3) is 0 Å². The molecule has 1 aliphatic carbocycles. The second kappa shape index (κ2) is 17.3. The maximum atomic E-state index is 14.3. The molecule has 5 rings (SSSR count). The van der Waals surface area contributed by atoms with E-state index >= 15 is 0 Å². The smallest absolute Gasteiger partial charge is 0.338 e. The lowest BCUT2D eigenvalue weighted by molar-refractivity contribution is -0.348. The fourth-order valence-electron chi connectivity index (χ4n) is 8.81. The number of aliphatic hydroxyl groups is 1. The van der Waals surface area contributed by atoms with Crippen LogP contribution in [0.2, 0.25) is 59.9 Å². The van der Waals surface area contributed by atoms with Crippen molar-refractivity contribution in [3.05, 3.63) is 71.8 Å². The summed E-state index contributed by atoms with van der Waals surface area (Å²) in [6.07, 6.45) is -4.36. The number of nitrogens with zero attached hydrogens (tertiary/aromatic N) is 1. The third-order valence-electron chi connectivity index (χ3n) is 13.1. The number of hydrogen-bond donors (Lipinski definition) is 1. The van der Waals surface area contributed by atoms with Gasteiger partial charge in [-0.15, -0.1) is 0 Å². The highest BCUT2D eigenvalue weighted by atomic mass is 28.5. The predicted octanol–water partition coefficient (Wildman–Crippen LogP) is 9.63. The zero-order valence-corrected chi connectivity index (χ0v) is 42.6. The van der Waals surface area contributed by atoms with Crippen molar-refractivity contribution in [2.75, 3.05) is 6.61 Å². The molecule has 330 valence electrons. The van der Waals surface area contributed by atoms with Gasteiger partial charge < -0.3 is 31.7 Å². The number of esters is 1. The van der Waals surface area contributed by atoms with E-state index in [2.05, 4.69) is 109 Å². The van der Waals surface area contributed by atoms with Crippen LogP contribution in [0, 0.1) is 0 Å². The van der Waals surface area contributed by atoms with E-state index in [1.165, 1.54) is 5.06 Å². The molecule has 1 amide bonds. The molecular formula is C44H73NO10Si4. The number of carbonyl (C=O) groups is 2. The molecule has 11 nitrogen and oxygen atoms in total. The Hall–Kier alpha value is -2.03. The topological polar surface area (TPSA) is 122 Å². The van der Waals surface area contributed by atoms with Crippen LogP contribution in [0.1, 0.15) is 98.5 Å². The number of fused-ring (bicyclic) bond motifs is 2. The van der Waals surface area contributed by atoms with Crippen molar-refractivity contribution < 1.29 is 46.1 Å². The molecule has 1 N–H and O–H groups in total. The van der Waals surface area contributed by atoms with E-state index in [-0.39, 0.29) is 46.1 Å². The molecule has 0 bridgehead atoms. The molecule has 15 heteroatoms. The summed E-state index contributed by atoms with van der Waals surface area (Å²) in [6, 6.07) is 18.5. The van der Waals surface area contributed by atoms with E-state index in [0.29, 0.717) is 5.56 Å². The average Bonchev–Trinajstić information content (AvgIpc) is 3.32. The van der Waals surface area contributed by atoms with Gasteiger partial charge in [0.1, 0.15) is 43.2 Å². The molecule has 0 radical (unpaired) electrons. The van der Waals surface area contributed by atoms with Gasteiger partial charge >= 0.3 is 23.1 Å². The lowest BCUT2D eigenvalue weighted by atomic mass is 9.62. The van der Waals surface area contributed by atoms with Crippen LogP contribution >= 0.6 is 0 Å². The first-order chi connectivity index (χ1) is 27.2. The molecule has 1 spiro atoms. The van der Waals surface area contributed by atoms with Crippen molar-refractivity contribution in [2.45, 2.75) is 185 Å². The normalized spacial score (nSPS) is 28.6. The lowest BCUT2D eigenvalue weighted by Gasteiger charge is -2.67. The summed E-state index contributed by atoms with van der Waals surface area (Å²) in [7, 11) is -12.2. The summed E-state index contributed by atoms with van der Waals surface area (Å²) < 4.78 is 44.3. The summed E-state index contributed by atoms with van der Waals surface area (Å²) in [5.41, 5.74) is -2.41. The molecule has 2 aromatic carbocycles. The van der Waals surface area contributed by atoms with Crippen LogP contribution < -0.4 is 0 Å². The summed E-state index contributed by atoms with van der Waals surface area (Å²) >= 11 is 0. The van der Waals surface area contributed by atoms with Crippen molar-refractivity contribution in [3.63, 3.8) is 0 Å². The largest absolute Gasteiger partial charge is 0.459 e. The van der Waals surface area contributed by atoms with Crippen molar-refractivity contribution in [3.8, 4) is 0 Å². The van der Waals surface area contributed by atoms with Gasteiger partial charge in [-0.3, -0.25) is 9.63 Å². The van der Waals surface area contributed by atoms with Crippen LogP contribution in [0.5, 0.6) is 0 Å². The number of β-lactam (4-membered cyclic amide) rings is 1. The molecule has 2 unspecified atom stereocenters. The van der Waals surface area contributed by atoms with Gasteiger partial charge in [-0.05, 0) is 77.6 Å². The Morgan fingerprint density at radius 3 is 1.75 bits per heavy atom. The van der Waals surface area contributed by atoms with Crippen LogP contribution in [-0.4, -0.2) is 98.0 Å². The first kappa shape index (κ1) is 48.0. The Balaban J connectivity index is 1.87. The van der Waals surface area contributed by atoms with E-state index in [4.69, 9.17) is 31.4 Å². The second-order valence-corrected chi connectivity index (χ2v) is 38.7. The summed E-state index contributed by atoms with van der Waals surface area (Å²) in [4.78, 5) is 34.9. The first-order valence-corrected chi connectivity index (χ1v) is 31.8. The number of benzene rings is 2. The monoisotopic (exact) mass is 887 g/mol. The third-order valence-corrected chi connectivity index (χ3v) is 28.7. The molecular weight excluding hydrogens is 815 g/mol. The minimum atomic E-state index is -3.41. The number of hydrogen-bond acceptors (Lipinski definition) is 10. The maximum absolute atomic E-state index is 14.3. The van der Waals surface area contributed by atoms with Gasteiger partial charge in [-0.2, -0.15) is 0 Å². The van der Waals surface area contributed by atoms with Gasteiger partial charge in [0.2, 0.25) is 5.91 Å². The van der Waals surface area contributed by atoms with E-state index in [1.54, 1.807) is 24.3 Å². The van der Waals surface area contributed by atoms with E-state index in [1.807, 2.05) is 36.4 Å². The van der Waals surface area contributed by atoms with E-state index < -0.39 is 81.9 Å². The Morgan fingerprint density at radius 2 is 1.29 bits per heavy atom. The highest BCUT2D eigenvalue weighted by Gasteiger charge is 2.79. The maximum Gasteiger partial charge on any atom is 0.338 e. The minimum absolute atomic E-state index is 0.00269. The van der Waals surface area contributed by atoms with Gasteiger partial charge in [0.05, 0.1) is 12.0 Å². The molecule has 6 atom stereocenters. The van der Waals surface area contributed by atoms with Crippen LogP contribution in [0.3, 0.4) is 0 Å². The number of rotatable bonds is 14.